The summed E-state index contributed by atoms with van der Waals surface area (Å²) in [5, 5.41) is 6.30. The van der Waals surface area contributed by atoms with Crippen LogP contribution < -0.4 is 25.2 Å². The van der Waals surface area contributed by atoms with E-state index < -0.39 is 0 Å². The first-order valence-electron chi connectivity index (χ1n) is 13.7. The number of carbonyl (C=O) groups is 2. The fourth-order valence-electron chi connectivity index (χ4n) is 5.24. The van der Waals surface area contributed by atoms with E-state index in [4.69, 9.17) is 9.47 Å². The molecule has 2 amide bonds. The van der Waals surface area contributed by atoms with Crippen molar-refractivity contribution in [2.75, 3.05) is 80.8 Å². The van der Waals surface area contributed by atoms with Crippen molar-refractivity contribution in [3.63, 3.8) is 0 Å². The van der Waals surface area contributed by atoms with Gasteiger partial charge >= 0.3 is 0 Å². The first kappa shape index (κ1) is 26.2. The molecule has 11 nitrogen and oxygen atoms in total. The molecule has 2 fully saturated rings. The Morgan fingerprint density at radius 2 is 1.93 bits per heavy atom. The van der Waals surface area contributed by atoms with Crippen molar-refractivity contribution in [2.24, 2.45) is 0 Å². The minimum Gasteiger partial charge on any atom is -0.492 e. The number of anilines is 3. The molecule has 3 aromatic rings. The molecule has 0 atom stereocenters. The Hall–Kier alpha value is -4.06. The van der Waals surface area contributed by atoms with Gasteiger partial charge in [0.05, 0.1) is 37.3 Å². The van der Waals surface area contributed by atoms with Crippen LogP contribution in [0.1, 0.15) is 26.4 Å². The van der Waals surface area contributed by atoms with E-state index in [1.54, 1.807) is 41.6 Å². The minimum absolute atomic E-state index is 0.145. The predicted molar refractivity (Wildman–Crippen MR) is 151 cm³/mol. The van der Waals surface area contributed by atoms with Gasteiger partial charge in [0.1, 0.15) is 23.9 Å². The van der Waals surface area contributed by atoms with Crippen molar-refractivity contribution in [1.82, 2.24) is 20.2 Å². The van der Waals surface area contributed by atoms with Crippen LogP contribution in [0.4, 0.5) is 17.2 Å². The van der Waals surface area contributed by atoms with Crippen LogP contribution in [0.2, 0.25) is 0 Å². The van der Waals surface area contributed by atoms with E-state index in [1.165, 1.54) is 0 Å². The number of rotatable bonds is 8. The molecular weight excluding hydrogens is 510 g/mol. The van der Waals surface area contributed by atoms with Gasteiger partial charge in [0.25, 0.3) is 11.8 Å². The van der Waals surface area contributed by atoms with E-state index >= 15 is 0 Å². The van der Waals surface area contributed by atoms with Gasteiger partial charge in [-0.05, 0) is 42.0 Å². The summed E-state index contributed by atoms with van der Waals surface area (Å²) in [5.74, 6) is 0.663. The molecule has 40 heavy (non-hydrogen) atoms. The summed E-state index contributed by atoms with van der Waals surface area (Å²) in [6.07, 6.45) is 3.38. The SMILES string of the molecule is O=C(Nc1cnccc1N1CCNCC1)c1cccc(N2Cc3cc(OCCN4CCOCC4)ccc3C2=O)n1. The lowest BCUT2D eigenvalue weighted by Gasteiger charge is -2.30. The number of piperazine rings is 1. The Morgan fingerprint density at radius 3 is 2.77 bits per heavy atom. The molecule has 0 bridgehead atoms. The lowest BCUT2D eigenvalue weighted by Crippen LogP contribution is -2.43. The summed E-state index contributed by atoms with van der Waals surface area (Å²) in [4.78, 5) is 41.3. The van der Waals surface area contributed by atoms with Crippen molar-refractivity contribution in [3.8, 4) is 5.75 Å². The number of nitrogens with zero attached hydrogens (tertiary/aromatic N) is 5. The number of amides is 2. The van der Waals surface area contributed by atoms with Crippen molar-refractivity contribution in [2.45, 2.75) is 6.54 Å². The standard InChI is InChI=1S/C29H33N7O4/c37-28(33-25-19-31-7-6-26(25)35-10-8-30-9-11-35)24-2-1-3-27(32-24)36-20-21-18-22(4-5-23(21)29(36)38)40-17-14-34-12-15-39-16-13-34/h1-7,18-19,30H,8-17,20H2,(H,33,37). The fourth-order valence-corrected chi connectivity index (χ4v) is 5.24. The molecule has 5 heterocycles. The molecule has 2 aromatic heterocycles. The van der Waals surface area contributed by atoms with Gasteiger partial charge in [-0.15, -0.1) is 0 Å². The van der Waals surface area contributed by atoms with Gasteiger partial charge < -0.3 is 25.0 Å². The van der Waals surface area contributed by atoms with Crippen LogP contribution >= 0.6 is 0 Å². The normalized spacial score (nSPS) is 17.6. The maximum atomic E-state index is 13.2. The van der Waals surface area contributed by atoms with Crippen molar-refractivity contribution in [1.29, 1.82) is 0 Å². The van der Waals surface area contributed by atoms with Crippen LogP contribution in [0, 0.1) is 0 Å². The lowest BCUT2D eigenvalue weighted by atomic mass is 10.1. The van der Waals surface area contributed by atoms with Crippen LogP contribution in [0.5, 0.6) is 5.75 Å². The minimum atomic E-state index is -0.355. The van der Waals surface area contributed by atoms with Crippen molar-refractivity contribution >= 4 is 29.0 Å². The van der Waals surface area contributed by atoms with Gasteiger partial charge in [0.2, 0.25) is 0 Å². The number of benzene rings is 1. The van der Waals surface area contributed by atoms with Crippen molar-refractivity contribution < 1.29 is 19.1 Å². The topological polar surface area (TPSA) is 112 Å². The van der Waals surface area contributed by atoms with Crippen LogP contribution in [0.15, 0.2) is 54.9 Å². The molecule has 0 saturated carbocycles. The third-order valence-corrected chi connectivity index (χ3v) is 7.41. The average Bonchev–Trinajstić information content (AvgIpc) is 3.34. The number of fused-ring (bicyclic) bond motifs is 1. The third kappa shape index (κ3) is 5.76. The maximum absolute atomic E-state index is 13.2. The van der Waals surface area contributed by atoms with E-state index in [2.05, 4.69) is 30.4 Å². The first-order valence-corrected chi connectivity index (χ1v) is 13.7. The number of carbonyl (C=O) groups excluding carboxylic acids is 2. The second-order valence-electron chi connectivity index (χ2n) is 9.98. The number of aromatic nitrogens is 2. The summed E-state index contributed by atoms with van der Waals surface area (Å²) in [6, 6.07) is 12.6. The summed E-state index contributed by atoms with van der Waals surface area (Å²) in [6.45, 7) is 8.58. The second kappa shape index (κ2) is 12.0. The zero-order chi connectivity index (χ0) is 27.3. The third-order valence-electron chi connectivity index (χ3n) is 7.41. The van der Waals surface area contributed by atoms with Gasteiger partial charge in [-0.2, -0.15) is 0 Å². The number of pyridine rings is 2. The molecule has 3 aliphatic rings. The highest BCUT2D eigenvalue weighted by atomic mass is 16.5. The maximum Gasteiger partial charge on any atom is 0.274 e. The average molecular weight is 544 g/mol. The largest absolute Gasteiger partial charge is 0.492 e. The second-order valence-corrected chi connectivity index (χ2v) is 9.98. The van der Waals surface area contributed by atoms with E-state index in [0.717, 1.165) is 76.0 Å². The van der Waals surface area contributed by atoms with E-state index in [9.17, 15) is 9.59 Å². The monoisotopic (exact) mass is 543 g/mol. The summed E-state index contributed by atoms with van der Waals surface area (Å²) in [5.41, 5.74) is 3.28. The van der Waals surface area contributed by atoms with Gasteiger partial charge in [-0.3, -0.25) is 24.4 Å². The quantitative estimate of drug-likeness (QED) is 0.441. The molecule has 6 rings (SSSR count). The highest BCUT2D eigenvalue weighted by Gasteiger charge is 2.30. The van der Waals surface area contributed by atoms with E-state index in [0.29, 0.717) is 30.2 Å². The highest BCUT2D eigenvalue weighted by Crippen LogP contribution is 2.30. The van der Waals surface area contributed by atoms with Gasteiger partial charge in [-0.1, -0.05) is 6.07 Å². The molecule has 1 aromatic carbocycles. The summed E-state index contributed by atoms with van der Waals surface area (Å²) in [7, 11) is 0. The molecule has 11 heteroatoms. The number of hydrogen-bond donors (Lipinski definition) is 2. The van der Waals surface area contributed by atoms with Crippen LogP contribution in [-0.2, 0) is 11.3 Å². The fraction of sp³-hybridized carbons (Fsp3) is 0.379. The number of ether oxygens (including phenoxy) is 2. The Bertz CT molecular complexity index is 1370. The predicted octanol–water partition coefficient (Wildman–Crippen LogP) is 2.01. The smallest absolute Gasteiger partial charge is 0.274 e. The molecule has 0 unspecified atom stereocenters. The van der Waals surface area contributed by atoms with Crippen LogP contribution in [-0.4, -0.2) is 92.3 Å². The van der Waals surface area contributed by atoms with Crippen molar-refractivity contribution in [3.05, 3.63) is 71.7 Å². The molecule has 0 spiro atoms. The molecule has 2 saturated heterocycles. The zero-order valence-corrected chi connectivity index (χ0v) is 22.3. The number of nitrogens with one attached hydrogen (secondary N) is 2. The molecule has 2 N–H and O–H groups in total. The summed E-state index contributed by atoms with van der Waals surface area (Å²) < 4.78 is 11.4. The number of morpholine rings is 1. The zero-order valence-electron chi connectivity index (χ0n) is 22.3. The van der Waals surface area contributed by atoms with Gasteiger partial charge in [0.15, 0.2) is 0 Å². The molecule has 3 aliphatic heterocycles. The molecule has 0 aliphatic carbocycles. The summed E-state index contributed by atoms with van der Waals surface area (Å²) >= 11 is 0. The van der Waals surface area contributed by atoms with E-state index in [-0.39, 0.29) is 17.5 Å². The van der Waals surface area contributed by atoms with Gasteiger partial charge in [-0.25, -0.2) is 4.98 Å². The van der Waals surface area contributed by atoms with Gasteiger partial charge in [0, 0.05) is 57.6 Å². The molecule has 0 radical (unpaired) electrons. The molecular formula is C29H33N7O4. The number of hydrogen-bond acceptors (Lipinski definition) is 9. The molecule has 208 valence electrons. The lowest BCUT2D eigenvalue weighted by molar-refractivity contribution is 0.0322. The Labute approximate surface area is 233 Å². The van der Waals surface area contributed by atoms with E-state index in [1.807, 2.05) is 18.2 Å². The van der Waals surface area contributed by atoms with Crippen LogP contribution in [0.3, 0.4) is 0 Å². The Morgan fingerprint density at radius 1 is 1.07 bits per heavy atom. The first-order chi connectivity index (χ1) is 19.7. The Kier molecular flexibility index (Phi) is 7.85. The van der Waals surface area contributed by atoms with Crippen LogP contribution in [0.25, 0.3) is 0 Å². The Balaban J connectivity index is 1.12. The highest BCUT2D eigenvalue weighted by molar-refractivity contribution is 6.10.